The number of hydrogen-bond donors (Lipinski definition) is 4. The Morgan fingerprint density at radius 2 is 1.18 bits per heavy atom. The van der Waals surface area contributed by atoms with Gasteiger partial charge in [-0.25, -0.2) is 0 Å². The Balaban J connectivity index is 2.67. The number of rotatable bonds is 23. The van der Waals surface area contributed by atoms with Gasteiger partial charge in [-0.1, -0.05) is 97.3 Å². The van der Waals surface area contributed by atoms with Crippen molar-refractivity contribution in [1.82, 2.24) is 0 Å². The van der Waals surface area contributed by atoms with Gasteiger partial charge in [0.15, 0.2) is 6.29 Å². The van der Waals surface area contributed by atoms with Gasteiger partial charge in [0.05, 0.1) is 25.0 Å². The fraction of sp³-hybridized carbons (Fsp3) is 0.933. The summed E-state index contributed by atoms with van der Waals surface area (Å²) in [5, 5.41) is 39.8. The maximum absolute atomic E-state index is 12.9. The first kappa shape index (κ1) is 35.8. The summed E-state index contributed by atoms with van der Waals surface area (Å²) in [6.07, 6.45) is 8.57. The molecule has 0 bridgehead atoms. The lowest BCUT2D eigenvalue weighted by atomic mass is 9.99. The summed E-state index contributed by atoms with van der Waals surface area (Å²) in [5.74, 6) is -1.55. The summed E-state index contributed by atoms with van der Waals surface area (Å²) in [4.78, 5) is 24.2. The first-order valence-corrected chi connectivity index (χ1v) is 15.5. The fourth-order valence-electron chi connectivity index (χ4n) is 5.01. The van der Waals surface area contributed by atoms with E-state index in [0.717, 1.165) is 51.4 Å². The molecule has 0 aromatic carbocycles. The van der Waals surface area contributed by atoms with E-state index in [1.54, 1.807) is 6.92 Å². The predicted molar refractivity (Wildman–Crippen MR) is 149 cm³/mol. The van der Waals surface area contributed by atoms with Gasteiger partial charge in [0.25, 0.3) is 0 Å². The van der Waals surface area contributed by atoms with Crippen LogP contribution in [0.15, 0.2) is 0 Å². The molecule has 9 nitrogen and oxygen atoms in total. The second kappa shape index (κ2) is 21.5. The molecule has 230 valence electrons. The average Bonchev–Trinajstić information content (AvgIpc) is 2.88. The van der Waals surface area contributed by atoms with Crippen LogP contribution in [-0.2, 0) is 23.8 Å². The van der Waals surface area contributed by atoms with Gasteiger partial charge < -0.3 is 34.6 Å². The lowest BCUT2D eigenvalue weighted by Crippen LogP contribution is -2.58. The van der Waals surface area contributed by atoms with Crippen molar-refractivity contribution in [3.8, 4) is 0 Å². The number of hydrogen-bond acceptors (Lipinski definition) is 8. The fourth-order valence-corrected chi connectivity index (χ4v) is 5.01. The van der Waals surface area contributed by atoms with E-state index >= 15 is 0 Å². The summed E-state index contributed by atoms with van der Waals surface area (Å²) in [6.45, 7) is 5.93. The third-order valence-corrected chi connectivity index (χ3v) is 7.49. The second-order valence-electron chi connectivity index (χ2n) is 11.2. The number of carbonyl (C=O) groups is 2. The van der Waals surface area contributed by atoms with Crippen LogP contribution in [0.25, 0.3) is 0 Å². The van der Waals surface area contributed by atoms with Gasteiger partial charge in [-0.3, -0.25) is 9.59 Å². The zero-order chi connectivity index (χ0) is 29.0. The summed E-state index contributed by atoms with van der Waals surface area (Å²) in [7, 11) is 0. The maximum Gasteiger partial charge on any atom is 0.308 e. The minimum Gasteiger partial charge on any atom is -0.481 e. The van der Waals surface area contributed by atoms with Gasteiger partial charge in [0.1, 0.15) is 24.4 Å². The SMILES string of the molecule is CCCCCCCCCC(CC(=O)O)OC(=O)CC(CCCCCCCCC)OC1O[C@@H](C)[C@H](O)[C@@H](O)[C@H]1O. The highest BCUT2D eigenvalue weighted by Crippen LogP contribution is 2.25. The van der Waals surface area contributed by atoms with Crippen LogP contribution in [-0.4, -0.2) is 75.3 Å². The van der Waals surface area contributed by atoms with E-state index in [9.17, 15) is 30.0 Å². The molecule has 39 heavy (non-hydrogen) atoms. The van der Waals surface area contributed by atoms with E-state index < -0.39 is 54.9 Å². The molecule has 1 aliphatic heterocycles. The number of aliphatic carboxylic acids is 1. The van der Waals surface area contributed by atoms with Crippen molar-refractivity contribution in [2.75, 3.05) is 0 Å². The van der Waals surface area contributed by atoms with E-state index in [-0.39, 0.29) is 12.8 Å². The van der Waals surface area contributed by atoms with Gasteiger partial charge in [-0.2, -0.15) is 0 Å². The predicted octanol–water partition coefficient (Wildman–Crippen LogP) is 5.26. The monoisotopic (exact) mass is 560 g/mol. The molecule has 1 aliphatic rings. The van der Waals surface area contributed by atoms with E-state index in [0.29, 0.717) is 12.8 Å². The Bertz CT molecular complexity index is 644. The number of carboxylic acids is 1. The van der Waals surface area contributed by atoms with Crippen molar-refractivity contribution >= 4 is 11.9 Å². The highest BCUT2D eigenvalue weighted by atomic mass is 16.7. The number of aliphatic hydroxyl groups is 3. The van der Waals surface area contributed by atoms with E-state index in [2.05, 4.69) is 13.8 Å². The summed E-state index contributed by atoms with van der Waals surface area (Å²) >= 11 is 0. The highest BCUT2D eigenvalue weighted by molar-refractivity contribution is 5.72. The van der Waals surface area contributed by atoms with E-state index in [4.69, 9.17) is 14.2 Å². The van der Waals surface area contributed by atoms with Gasteiger partial charge in [-0.05, 0) is 26.2 Å². The third kappa shape index (κ3) is 15.9. The van der Waals surface area contributed by atoms with Crippen molar-refractivity contribution < 1.29 is 44.2 Å². The van der Waals surface area contributed by atoms with Crippen molar-refractivity contribution in [2.45, 2.75) is 179 Å². The molecule has 0 spiro atoms. The van der Waals surface area contributed by atoms with Crippen LogP contribution < -0.4 is 0 Å². The minimum atomic E-state index is -1.46. The first-order chi connectivity index (χ1) is 18.7. The standard InChI is InChI=1S/C30H56O9/c1-4-6-8-10-12-14-16-18-23(20-25(31)32)38-26(33)21-24(19-17-15-13-11-9-7-5-2)39-30-29(36)28(35)27(34)22(3)37-30/h22-24,27-30,34-36H,4-21H2,1-3H3,(H,31,32)/t22-,23?,24?,27-,28+,29+,30?/m0/s1. The third-order valence-electron chi connectivity index (χ3n) is 7.49. The van der Waals surface area contributed by atoms with Gasteiger partial charge >= 0.3 is 11.9 Å². The molecule has 1 rings (SSSR count). The molecule has 0 saturated carbocycles. The van der Waals surface area contributed by atoms with Crippen LogP contribution in [0.4, 0.5) is 0 Å². The summed E-state index contributed by atoms with van der Waals surface area (Å²) < 4.78 is 17.1. The van der Waals surface area contributed by atoms with Crippen LogP contribution in [0.3, 0.4) is 0 Å². The Kier molecular flexibility index (Phi) is 19.7. The molecule has 7 atom stereocenters. The lowest BCUT2D eigenvalue weighted by molar-refractivity contribution is -0.304. The molecule has 3 unspecified atom stereocenters. The quantitative estimate of drug-likeness (QED) is 0.0972. The van der Waals surface area contributed by atoms with E-state index in [1.165, 1.54) is 38.5 Å². The van der Waals surface area contributed by atoms with Crippen molar-refractivity contribution in [3.05, 3.63) is 0 Å². The summed E-state index contributed by atoms with van der Waals surface area (Å²) in [6, 6.07) is 0. The number of esters is 1. The highest BCUT2D eigenvalue weighted by Gasteiger charge is 2.43. The summed E-state index contributed by atoms with van der Waals surface area (Å²) in [5.41, 5.74) is 0. The topological polar surface area (TPSA) is 143 Å². The van der Waals surface area contributed by atoms with Crippen molar-refractivity contribution in [3.63, 3.8) is 0 Å². The number of ether oxygens (including phenoxy) is 3. The van der Waals surface area contributed by atoms with Crippen LogP contribution in [0.5, 0.6) is 0 Å². The second-order valence-corrected chi connectivity index (χ2v) is 11.2. The molecule has 1 heterocycles. The van der Waals surface area contributed by atoms with Gasteiger partial charge in [0.2, 0.25) is 0 Å². The zero-order valence-corrected chi connectivity index (χ0v) is 24.6. The van der Waals surface area contributed by atoms with Crippen molar-refractivity contribution in [2.24, 2.45) is 0 Å². The first-order valence-electron chi connectivity index (χ1n) is 15.5. The lowest BCUT2D eigenvalue weighted by Gasteiger charge is -2.40. The normalized spacial score (nSPS) is 24.8. The molecule has 0 amide bonds. The Labute approximate surface area is 235 Å². The molecule has 1 saturated heterocycles. The van der Waals surface area contributed by atoms with Crippen LogP contribution in [0.2, 0.25) is 0 Å². The molecule has 0 radical (unpaired) electrons. The minimum absolute atomic E-state index is 0.109. The molecule has 0 aromatic rings. The Morgan fingerprint density at radius 3 is 1.69 bits per heavy atom. The molecular weight excluding hydrogens is 504 g/mol. The number of aliphatic hydroxyl groups excluding tert-OH is 3. The Morgan fingerprint density at radius 1 is 0.692 bits per heavy atom. The number of unbranched alkanes of at least 4 members (excludes halogenated alkanes) is 12. The van der Waals surface area contributed by atoms with Gasteiger partial charge in [-0.15, -0.1) is 0 Å². The smallest absolute Gasteiger partial charge is 0.308 e. The van der Waals surface area contributed by atoms with E-state index in [1.807, 2.05) is 0 Å². The van der Waals surface area contributed by atoms with Gasteiger partial charge in [0, 0.05) is 0 Å². The Hall–Kier alpha value is -1.26. The maximum atomic E-state index is 12.9. The molecule has 0 aliphatic carbocycles. The molecule has 1 fully saturated rings. The van der Waals surface area contributed by atoms with Crippen LogP contribution in [0, 0.1) is 0 Å². The van der Waals surface area contributed by atoms with Crippen LogP contribution in [0.1, 0.15) is 136 Å². The molecular formula is C30H56O9. The zero-order valence-electron chi connectivity index (χ0n) is 24.6. The van der Waals surface area contributed by atoms with Crippen molar-refractivity contribution in [1.29, 1.82) is 0 Å². The molecule has 0 aromatic heterocycles. The molecule has 9 heteroatoms. The number of carbonyl (C=O) groups excluding carboxylic acids is 1. The largest absolute Gasteiger partial charge is 0.481 e. The van der Waals surface area contributed by atoms with Crippen LogP contribution >= 0.6 is 0 Å². The number of carboxylic acid groups (broad SMARTS) is 1. The average molecular weight is 561 g/mol. The molecule has 4 N–H and O–H groups in total.